The average Bonchev–Trinajstić information content (AvgIpc) is 3.18. The summed E-state index contributed by atoms with van der Waals surface area (Å²) in [5, 5.41) is 10.6. The van der Waals surface area contributed by atoms with E-state index < -0.39 is 0 Å². The summed E-state index contributed by atoms with van der Waals surface area (Å²) in [4.78, 5) is 13.0. The molecule has 0 aliphatic rings. The smallest absolute Gasteiger partial charge is 0.257 e. The summed E-state index contributed by atoms with van der Waals surface area (Å²) in [6, 6.07) is 13.9. The van der Waals surface area contributed by atoms with E-state index in [-0.39, 0.29) is 0 Å². The zero-order valence-corrected chi connectivity index (χ0v) is 15.6. The van der Waals surface area contributed by atoms with Crippen LogP contribution in [0.5, 0.6) is 0 Å². The van der Waals surface area contributed by atoms with Crippen LogP contribution in [0.3, 0.4) is 0 Å². The van der Waals surface area contributed by atoms with Gasteiger partial charge < -0.3 is 15.2 Å². The molecule has 0 saturated carbocycles. The molecule has 2 heterocycles. The van der Waals surface area contributed by atoms with Gasteiger partial charge in [-0.15, -0.1) is 0 Å². The minimum atomic E-state index is 0.554. The SMILES string of the molecule is CCCc1noc(-c2cccc(CNC(=NC)NCc3ccccn3)c2)n1. The Kier molecular flexibility index (Phi) is 6.51. The number of nitrogens with zero attached hydrogens (tertiary/aromatic N) is 4. The van der Waals surface area contributed by atoms with Crippen molar-refractivity contribution in [3.8, 4) is 11.5 Å². The van der Waals surface area contributed by atoms with E-state index in [0.29, 0.717) is 24.9 Å². The number of aryl methyl sites for hydroxylation is 1. The highest BCUT2D eigenvalue weighted by molar-refractivity contribution is 5.79. The van der Waals surface area contributed by atoms with E-state index in [1.807, 2.05) is 42.5 Å². The van der Waals surface area contributed by atoms with Crippen molar-refractivity contribution in [3.05, 3.63) is 65.7 Å². The van der Waals surface area contributed by atoms with Gasteiger partial charge >= 0.3 is 0 Å². The van der Waals surface area contributed by atoms with Crippen molar-refractivity contribution in [3.63, 3.8) is 0 Å². The van der Waals surface area contributed by atoms with Gasteiger partial charge in [-0.2, -0.15) is 4.98 Å². The van der Waals surface area contributed by atoms with Crippen LogP contribution in [0.1, 0.15) is 30.4 Å². The van der Waals surface area contributed by atoms with Crippen molar-refractivity contribution in [2.75, 3.05) is 7.05 Å². The van der Waals surface area contributed by atoms with Crippen molar-refractivity contribution in [2.24, 2.45) is 4.99 Å². The first-order chi connectivity index (χ1) is 13.3. The zero-order valence-electron chi connectivity index (χ0n) is 15.6. The normalized spacial score (nSPS) is 11.4. The highest BCUT2D eigenvalue weighted by Crippen LogP contribution is 2.19. The first kappa shape index (κ1) is 18.6. The van der Waals surface area contributed by atoms with Crippen molar-refractivity contribution in [1.29, 1.82) is 0 Å². The minimum absolute atomic E-state index is 0.554. The fourth-order valence-electron chi connectivity index (χ4n) is 2.59. The molecule has 3 rings (SSSR count). The molecule has 2 aromatic heterocycles. The molecule has 0 fully saturated rings. The molecular formula is C20H24N6O. The molecule has 2 N–H and O–H groups in total. The third-order valence-electron chi connectivity index (χ3n) is 3.96. The van der Waals surface area contributed by atoms with E-state index in [1.54, 1.807) is 13.2 Å². The number of nitrogens with one attached hydrogen (secondary N) is 2. The lowest BCUT2D eigenvalue weighted by atomic mass is 10.1. The maximum absolute atomic E-state index is 5.37. The minimum Gasteiger partial charge on any atom is -0.352 e. The molecule has 0 atom stereocenters. The maximum atomic E-state index is 5.37. The number of hydrogen-bond donors (Lipinski definition) is 2. The molecule has 0 amide bonds. The molecule has 27 heavy (non-hydrogen) atoms. The molecule has 0 radical (unpaired) electrons. The number of guanidine groups is 1. The van der Waals surface area contributed by atoms with Crippen LogP contribution < -0.4 is 10.6 Å². The Labute approximate surface area is 158 Å². The molecule has 0 unspecified atom stereocenters. The average molecular weight is 364 g/mol. The first-order valence-electron chi connectivity index (χ1n) is 9.05. The molecule has 3 aromatic rings. The van der Waals surface area contributed by atoms with Crippen LogP contribution in [0.15, 0.2) is 58.2 Å². The molecule has 0 saturated heterocycles. The largest absolute Gasteiger partial charge is 0.352 e. The monoisotopic (exact) mass is 364 g/mol. The molecule has 7 heteroatoms. The first-order valence-corrected chi connectivity index (χ1v) is 9.05. The summed E-state index contributed by atoms with van der Waals surface area (Å²) >= 11 is 0. The fourth-order valence-corrected chi connectivity index (χ4v) is 2.59. The van der Waals surface area contributed by atoms with Gasteiger partial charge in [0.1, 0.15) is 0 Å². The van der Waals surface area contributed by atoms with Crippen LogP contribution in [-0.4, -0.2) is 28.1 Å². The molecule has 1 aromatic carbocycles. The van der Waals surface area contributed by atoms with Crippen LogP contribution in [-0.2, 0) is 19.5 Å². The summed E-state index contributed by atoms with van der Waals surface area (Å²) in [6.07, 6.45) is 3.60. The van der Waals surface area contributed by atoms with Crippen LogP contribution in [0, 0.1) is 0 Å². The summed E-state index contributed by atoms with van der Waals surface area (Å²) in [5.74, 6) is 2.02. The van der Waals surface area contributed by atoms with E-state index in [0.717, 1.165) is 35.5 Å². The molecular weight excluding hydrogens is 340 g/mol. The fraction of sp³-hybridized carbons (Fsp3) is 0.300. The van der Waals surface area contributed by atoms with Crippen LogP contribution in [0.4, 0.5) is 0 Å². The summed E-state index contributed by atoms with van der Waals surface area (Å²) in [5.41, 5.74) is 2.98. The Hall–Kier alpha value is -3.22. The Morgan fingerprint density at radius 1 is 1.11 bits per heavy atom. The van der Waals surface area contributed by atoms with E-state index in [1.165, 1.54) is 0 Å². The van der Waals surface area contributed by atoms with Gasteiger partial charge in [-0.3, -0.25) is 9.98 Å². The van der Waals surface area contributed by atoms with Crippen molar-refractivity contribution in [2.45, 2.75) is 32.9 Å². The lowest BCUT2D eigenvalue weighted by molar-refractivity contribution is 0.422. The van der Waals surface area contributed by atoms with Crippen LogP contribution >= 0.6 is 0 Å². The quantitative estimate of drug-likeness (QED) is 0.495. The summed E-state index contributed by atoms with van der Waals surface area (Å²) in [7, 11) is 1.75. The zero-order chi connectivity index (χ0) is 18.9. The van der Waals surface area contributed by atoms with Gasteiger partial charge in [0, 0.05) is 31.8 Å². The Balaban J connectivity index is 1.58. The number of rotatable bonds is 7. The molecule has 0 aliphatic heterocycles. The third kappa shape index (κ3) is 5.37. The van der Waals surface area contributed by atoms with Crippen molar-refractivity contribution >= 4 is 5.96 Å². The number of aromatic nitrogens is 3. The van der Waals surface area contributed by atoms with Gasteiger partial charge in [-0.05, 0) is 36.2 Å². The predicted molar refractivity (Wildman–Crippen MR) is 105 cm³/mol. The number of benzene rings is 1. The van der Waals surface area contributed by atoms with E-state index >= 15 is 0 Å². The maximum Gasteiger partial charge on any atom is 0.257 e. The van der Waals surface area contributed by atoms with Gasteiger partial charge in [-0.1, -0.05) is 30.3 Å². The second-order valence-corrected chi connectivity index (χ2v) is 6.07. The highest BCUT2D eigenvalue weighted by Gasteiger charge is 2.09. The lowest BCUT2D eigenvalue weighted by Gasteiger charge is -2.12. The van der Waals surface area contributed by atoms with Gasteiger partial charge in [0.2, 0.25) is 0 Å². The molecule has 140 valence electrons. The molecule has 0 spiro atoms. The van der Waals surface area contributed by atoms with Crippen molar-refractivity contribution < 1.29 is 4.52 Å². The van der Waals surface area contributed by atoms with E-state index in [2.05, 4.69) is 37.7 Å². The number of hydrogen-bond acceptors (Lipinski definition) is 5. The van der Waals surface area contributed by atoms with Gasteiger partial charge in [-0.25, -0.2) is 0 Å². The van der Waals surface area contributed by atoms with Gasteiger partial charge in [0.25, 0.3) is 5.89 Å². The summed E-state index contributed by atoms with van der Waals surface area (Å²) in [6.45, 7) is 3.34. The lowest BCUT2D eigenvalue weighted by Crippen LogP contribution is -2.36. The standard InChI is InChI=1S/C20H24N6O/c1-3-7-18-25-19(27-26-18)16-9-6-8-15(12-16)13-23-20(21-2)24-14-17-10-4-5-11-22-17/h4-6,8-12H,3,7,13-14H2,1-2H3,(H2,21,23,24). The third-order valence-corrected chi connectivity index (χ3v) is 3.96. The van der Waals surface area contributed by atoms with Crippen LogP contribution in [0.2, 0.25) is 0 Å². The summed E-state index contributed by atoms with van der Waals surface area (Å²) < 4.78 is 5.37. The van der Waals surface area contributed by atoms with Gasteiger partial charge in [0.15, 0.2) is 11.8 Å². The Bertz CT molecular complexity index is 875. The predicted octanol–water partition coefficient (Wildman–Crippen LogP) is 2.95. The van der Waals surface area contributed by atoms with E-state index in [9.17, 15) is 0 Å². The highest BCUT2D eigenvalue weighted by atomic mass is 16.5. The van der Waals surface area contributed by atoms with Crippen LogP contribution in [0.25, 0.3) is 11.5 Å². The topological polar surface area (TPSA) is 88.2 Å². The molecule has 0 bridgehead atoms. The van der Waals surface area contributed by atoms with Gasteiger partial charge in [0.05, 0.1) is 12.2 Å². The number of pyridine rings is 1. The second-order valence-electron chi connectivity index (χ2n) is 6.07. The second kappa shape index (κ2) is 9.47. The molecule has 7 nitrogen and oxygen atoms in total. The Morgan fingerprint density at radius 2 is 2.00 bits per heavy atom. The Morgan fingerprint density at radius 3 is 2.78 bits per heavy atom. The number of aliphatic imine (C=N–C) groups is 1. The molecule has 0 aliphatic carbocycles. The van der Waals surface area contributed by atoms with Crippen molar-refractivity contribution in [1.82, 2.24) is 25.8 Å². The van der Waals surface area contributed by atoms with E-state index in [4.69, 9.17) is 4.52 Å².